The maximum absolute atomic E-state index is 12.5. The van der Waals surface area contributed by atoms with Crippen LogP contribution in [0.15, 0.2) is 24.3 Å². The molecule has 1 N–H and O–H groups in total. The third-order valence-electron chi connectivity index (χ3n) is 3.60. The van der Waals surface area contributed by atoms with Crippen molar-refractivity contribution in [2.75, 3.05) is 7.05 Å². The normalized spacial score (nSPS) is 13.3. The van der Waals surface area contributed by atoms with E-state index < -0.39 is 35.4 Å². The van der Waals surface area contributed by atoms with Gasteiger partial charge in [0.05, 0.1) is 5.41 Å². The summed E-state index contributed by atoms with van der Waals surface area (Å²) in [6, 6.07) is 3.89. The molecule has 128 valence electrons. The van der Waals surface area contributed by atoms with Crippen molar-refractivity contribution >= 4 is 11.9 Å². The molecule has 1 atom stereocenters. The van der Waals surface area contributed by atoms with E-state index in [-0.39, 0.29) is 0 Å². The van der Waals surface area contributed by atoms with E-state index in [1.807, 2.05) is 0 Å². The minimum Gasteiger partial charge on any atom is -0.480 e. The van der Waals surface area contributed by atoms with Crippen LogP contribution in [0.5, 0.6) is 5.75 Å². The van der Waals surface area contributed by atoms with Gasteiger partial charge in [0.1, 0.15) is 11.8 Å². The lowest BCUT2D eigenvalue weighted by molar-refractivity contribution is -0.274. The van der Waals surface area contributed by atoms with E-state index in [1.54, 1.807) is 13.8 Å². The Kier molecular flexibility index (Phi) is 5.29. The first-order chi connectivity index (χ1) is 10.4. The standard InChI is InChI=1S/C15H18F3NO4/c1-9(12(20)21)19(4)13(22)14(2,3)10-5-7-11(8-6-10)23-15(16,17)18/h5-9H,1-4H3,(H,20,21). The summed E-state index contributed by atoms with van der Waals surface area (Å²) < 4.78 is 40.2. The largest absolute Gasteiger partial charge is 0.573 e. The van der Waals surface area contributed by atoms with E-state index in [2.05, 4.69) is 4.74 Å². The quantitative estimate of drug-likeness (QED) is 0.900. The topological polar surface area (TPSA) is 66.8 Å². The molecule has 0 aliphatic heterocycles. The van der Waals surface area contributed by atoms with Gasteiger partial charge in [-0.05, 0) is 38.5 Å². The second-order valence-corrected chi connectivity index (χ2v) is 5.63. The zero-order chi connectivity index (χ0) is 18.0. The monoisotopic (exact) mass is 333 g/mol. The minimum absolute atomic E-state index is 0.392. The summed E-state index contributed by atoms with van der Waals surface area (Å²) in [4.78, 5) is 24.5. The van der Waals surface area contributed by atoms with Crippen LogP contribution in [0.25, 0.3) is 0 Å². The highest BCUT2D eigenvalue weighted by molar-refractivity contribution is 5.90. The Morgan fingerprint density at radius 2 is 1.65 bits per heavy atom. The van der Waals surface area contributed by atoms with Crippen molar-refractivity contribution < 1.29 is 32.6 Å². The maximum Gasteiger partial charge on any atom is 0.573 e. The number of amides is 1. The Balaban J connectivity index is 2.99. The van der Waals surface area contributed by atoms with E-state index in [0.717, 1.165) is 17.0 Å². The zero-order valence-corrected chi connectivity index (χ0v) is 13.1. The highest BCUT2D eigenvalue weighted by atomic mass is 19.4. The van der Waals surface area contributed by atoms with E-state index in [0.29, 0.717) is 5.56 Å². The van der Waals surface area contributed by atoms with Crippen molar-refractivity contribution in [3.05, 3.63) is 29.8 Å². The van der Waals surface area contributed by atoms with E-state index in [1.165, 1.54) is 26.1 Å². The molecule has 5 nitrogen and oxygen atoms in total. The molecule has 0 heterocycles. The van der Waals surface area contributed by atoms with Crippen LogP contribution in [0.3, 0.4) is 0 Å². The molecule has 0 bridgehead atoms. The van der Waals surface area contributed by atoms with Crippen LogP contribution in [0, 0.1) is 0 Å². The fourth-order valence-electron chi connectivity index (χ4n) is 1.98. The molecule has 1 unspecified atom stereocenters. The second kappa shape index (κ2) is 6.47. The van der Waals surface area contributed by atoms with E-state index in [9.17, 15) is 22.8 Å². The number of nitrogens with zero attached hydrogens (tertiary/aromatic N) is 1. The van der Waals surface area contributed by atoms with Gasteiger partial charge < -0.3 is 14.7 Å². The Morgan fingerprint density at radius 3 is 2.04 bits per heavy atom. The molecule has 1 aromatic rings. The Labute approximate surface area is 131 Å². The molecule has 1 amide bonds. The van der Waals surface area contributed by atoms with Gasteiger partial charge in [-0.25, -0.2) is 4.79 Å². The third kappa shape index (κ3) is 4.61. The summed E-state index contributed by atoms with van der Waals surface area (Å²) >= 11 is 0. The number of hydrogen-bond acceptors (Lipinski definition) is 3. The molecule has 0 aromatic heterocycles. The third-order valence-corrected chi connectivity index (χ3v) is 3.60. The molecule has 0 aliphatic rings. The Morgan fingerprint density at radius 1 is 1.17 bits per heavy atom. The van der Waals surface area contributed by atoms with Crippen LogP contribution in [0.4, 0.5) is 13.2 Å². The summed E-state index contributed by atoms with van der Waals surface area (Å²) in [5, 5.41) is 8.97. The highest BCUT2D eigenvalue weighted by Crippen LogP contribution is 2.29. The number of alkyl halides is 3. The molecule has 0 fully saturated rings. The fourth-order valence-corrected chi connectivity index (χ4v) is 1.98. The number of carbonyl (C=O) groups excluding carboxylic acids is 1. The zero-order valence-electron chi connectivity index (χ0n) is 13.1. The smallest absolute Gasteiger partial charge is 0.480 e. The predicted octanol–water partition coefficient (Wildman–Crippen LogP) is 2.79. The number of hydrogen-bond donors (Lipinski definition) is 1. The van der Waals surface area contributed by atoms with Gasteiger partial charge >= 0.3 is 12.3 Å². The van der Waals surface area contributed by atoms with Gasteiger partial charge in [-0.3, -0.25) is 4.79 Å². The van der Waals surface area contributed by atoms with E-state index >= 15 is 0 Å². The molecule has 0 aliphatic carbocycles. The van der Waals surface area contributed by atoms with Crippen LogP contribution in [-0.4, -0.2) is 41.3 Å². The number of rotatable bonds is 5. The summed E-state index contributed by atoms with van der Waals surface area (Å²) in [7, 11) is 1.37. The lowest BCUT2D eigenvalue weighted by Crippen LogP contribution is -2.48. The van der Waals surface area contributed by atoms with E-state index in [4.69, 9.17) is 5.11 Å². The molecule has 0 spiro atoms. The number of likely N-dealkylation sites (N-methyl/N-ethyl adjacent to an activating group) is 1. The lowest BCUT2D eigenvalue weighted by atomic mass is 9.83. The number of benzene rings is 1. The number of carboxylic acid groups (broad SMARTS) is 1. The van der Waals surface area contributed by atoms with Crippen LogP contribution in [0.1, 0.15) is 26.3 Å². The minimum atomic E-state index is -4.79. The van der Waals surface area contributed by atoms with Crippen LogP contribution in [0.2, 0.25) is 0 Å². The molecule has 0 saturated carbocycles. The average Bonchev–Trinajstić information content (AvgIpc) is 2.43. The number of carboxylic acids is 1. The predicted molar refractivity (Wildman–Crippen MR) is 76.0 cm³/mol. The van der Waals surface area contributed by atoms with Crippen molar-refractivity contribution in [1.82, 2.24) is 4.90 Å². The Hall–Kier alpha value is -2.25. The Bertz CT molecular complexity index is 581. The SMILES string of the molecule is CC(C(=O)O)N(C)C(=O)C(C)(C)c1ccc(OC(F)(F)F)cc1. The van der Waals surface area contributed by atoms with Gasteiger partial charge in [-0.15, -0.1) is 13.2 Å². The molecule has 0 saturated heterocycles. The molecule has 0 radical (unpaired) electrons. The van der Waals surface area contributed by atoms with Gasteiger partial charge in [-0.1, -0.05) is 12.1 Å². The van der Waals surface area contributed by atoms with Gasteiger partial charge in [0, 0.05) is 7.05 Å². The molecule has 23 heavy (non-hydrogen) atoms. The number of halogens is 3. The van der Waals surface area contributed by atoms with Crippen molar-refractivity contribution in [3.63, 3.8) is 0 Å². The first-order valence-corrected chi connectivity index (χ1v) is 6.72. The molecule has 1 rings (SSSR count). The maximum atomic E-state index is 12.5. The lowest BCUT2D eigenvalue weighted by Gasteiger charge is -2.32. The molecule has 1 aromatic carbocycles. The number of ether oxygens (including phenoxy) is 1. The molecular formula is C15H18F3NO4. The van der Waals surface area contributed by atoms with Gasteiger partial charge in [0.15, 0.2) is 0 Å². The summed E-state index contributed by atoms with van der Waals surface area (Å²) in [5.41, 5.74) is -0.656. The fraction of sp³-hybridized carbons (Fsp3) is 0.467. The van der Waals surface area contributed by atoms with Crippen LogP contribution >= 0.6 is 0 Å². The molecular weight excluding hydrogens is 315 g/mol. The highest BCUT2D eigenvalue weighted by Gasteiger charge is 2.36. The number of aliphatic carboxylic acids is 1. The molecule has 8 heteroatoms. The van der Waals surface area contributed by atoms with Crippen molar-refractivity contribution in [3.8, 4) is 5.75 Å². The van der Waals surface area contributed by atoms with Crippen molar-refractivity contribution in [2.24, 2.45) is 0 Å². The first-order valence-electron chi connectivity index (χ1n) is 6.72. The van der Waals surface area contributed by atoms with Crippen molar-refractivity contribution in [2.45, 2.75) is 38.6 Å². The van der Waals surface area contributed by atoms with Gasteiger partial charge in [-0.2, -0.15) is 0 Å². The first kappa shape index (κ1) is 18.8. The second-order valence-electron chi connectivity index (χ2n) is 5.63. The average molecular weight is 333 g/mol. The van der Waals surface area contributed by atoms with Crippen LogP contribution in [-0.2, 0) is 15.0 Å². The van der Waals surface area contributed by atoms with Crippen molar-refractivity contribution in [1.29, 1.82) is 0 Å². The number of carbonyl (C=O) groups is 2. The van der Waals surface area contributed by atoms with Crippen LogP contribution < -0.4 is 4.74 Å². The summed E-state index contributed by atoms with van der Waals surface area (Å²) in [6.07, 6.45) is -4.79. The summed E-state index contributed by atoms with van der Waals surface area (Å²) in [6.45, 7) is 4.51. The van der Waals surface area contributed by atoms with Gasteiger partial charge in [0.2, 0.25) is 5.91 Å². The van der Waals surface area contributed by atoms with Gasteiger partial charge in [0.25, 0.3) is 0 Å². The summed E-state index contributed by atoms with van der Waals surface area (Å²) in [5.74, 6) is -2.00.